The maximum atomic E-state index is 12.7. The molecule has 1 atom stereocenters. The molecule has 7 nitrogen and oxygen atoms in total. The van der Waals surface area contributed by atoms with Crippen molar-refractivity contribution in [2.24, 2.45) is 0 Å². The summed E-state index contributed by atoms with van der Waals surface area (Å²) in [5.74, 6) is 1.53. The van der Waals surface area contributed by atoms with E-state index in [2.05, 4.69) is 15.1 Å². The van der Waals surface area contributed by atoms with Crippen LogP contribution >= 0.6 is 0 Å². The topological polar surface area (TPSA) is 95.9 Å². The molecule has 1 amide bonds. The minimum absolute atomic E-state index is 0.156. The van der Waals surface area contributed by atoms with Gasteiger partial charge in [-0.05, 0) is 37.8 Å². The summed E-state index contributed by atoms with van der Waals surface area (Å²) in [6, 6.07) is 5.03. The standard InChI is InChI=1S/C16H15N5O2/c17-8-10-3-6-12(18-9-10)16(22)21-7-1-2-13(21)14-19-15(23-20-14)11-4-5-11/h3,6,9,11,13H,1-2,4-5,7H2/t13-/m1/s1. The Labute approximate surface area is 132 Å². The highest BCUT2D eigenvalue weighted by molar-refractivity contribution is 5.92. The van der Waals surface area contributed by atoms with E-state index < -0.39 is 0 Å². The number of rotatable bonds is 3. The second-order valence-corrected chi connectivity index (χ2v) is 5.97. The van der Waals surface area contributed by atoms with Gasteiger partial charge in [-0.3, -0.25) is 4.79 Å². The first-order valence-corrected chi connectivity index (χ1v) is 7.77. The molecule has 2 fully saturated rings. The van der Waals surface area contributed by atoms with Gasteiger partial charge in [0.1, 0.15) is 11.8 Å². The lowest BCUT2D eigenvalue weighted by Gasteiger charge is -2.21. The maximum absolute atomic E-state index is 12.7. The van der Waals surface area contributed by atoms with E-state index in [9.17, 15) is 4.79 Å². The van der Waals surface area contributed by atoms with Crippen LogP contribution in [0.25, 0.3) is 0 Å². The van der Waals surface area contributed by atoms with Crippen LogP contribution < -0.4 is 0 Å². The van der Waals surface area contributed by atoms with Gasteiger partial charge in [0.15, 0.2) is 5.82 Å². The minimum Gasteiger partial charge on any atom is -0.339 e. The van der Waals surface area contributed by atoms with Crippen molar-refractivity contribution in [2.45, 2.75) is 37.6 Å². The summed E-state index contributed by atoms with van der Waals surface area (Å²) in [5, 5.41) is 12.9. The van der Waals surface area contributed by atoms with Crippen molar-refractivity contribution in [3.8, 4) is 6.07 Å². The van der Waals surface area contributed by atoms with E-state index in [0.29, 0.717) is 35.4 Å². The molecule has 0 N–H and O–H groups in total. The summed E-state index contributed by atoms with van der Waals surface area (Å²) < 4.78 is 5.31. The SMILES string of the molecule is N#Cc1ccc(C(=O)N2CCC[C@@H]2c2noc(C3CC3)n2)nc1. The zero-order chi connectivity index (χ0) is 15.8. The van der Waals surface area contributed by atoms with Gasteiger partial charge in [-0.15, -0.1) is 0 Å². The Hall–Kier alpha value is -2.75. The van der Waals surface area contributed by atoms with Crippen LogP contribution in [0.5, 0.6) is 0 Å². The van der Waals surface area contributed by atoms with Crippen LogP contribution in [0.15, 0.2) is 22.9 Å². The van der Waals surface area contributed by atoms with Crippen LogP contribution in [-0.4, -0.2) is 32.5 Å². The summed E-state index contributed by atoms with van der Waals surface area (Å²) in [4.78, 5) is 23.0. The minimum atomic E-state index is -0.158. The van der Waals surface area contributed by atoms with Gasteiger partial charge in [0.05, 0.1) is 11.6 Å². The Kier molecular flexibility index (Phi) is 3.30. The fourth-order valence-electron chi connectivity index (χ4n) is 2.89. The van der Waals surface area contributed by atoms with Crippen molar-refractivity contribution in [3.05, 3.63) is 41.3 Å². The van der Waals surface area contributed by atoms with Gasteiger partial charge in [0.25, 0.3) is 5.91 Å². The normalized spacial score (nSPS) is 20.5. The Bertz CT molecular complexity index is 773. The van der Waals surface area contributed by atoms with Gasteiger partial charge < -0.3 is 9.42 Å². The Morgan fingerprint density at radius 3 is 2.91 bits per heavy atom. The third-order valence-corrected chi connectivity index (χ3v) is 4.31. The van der Waals surface area contributed by atoms with Crippen LogP contribution in [0.2, 0.25) is 0 Å². The Balaban J connectivity index is 1.56. The fraction of sp³-hybridized carbons (Fsp3) is 0.438. The molecule has 4 rings (SSSR count). The molecular weight excluding hydrogens is 294 g/mol. The number of carbonyl (C=O) groups excluding carboxylic acids is 1. The first-order chi connectivity index (χ1) is 11.3. The van der Waals surface area contributed by atoms with Gasteiger partial charge in [-0.1, -0.05) is 5.16 Å². The molecule has 2 aromatic heterocycles. The second-order valence-electron chi connectivity index (χ2n) is 5.97. The van der Waals surface area contributed by atoms with E-state index in [1.165, 1.54) is 6.20 Å². The molecule has 0 unspecified atom stereocenters. The van der Waals surface area contributed by atoms with E-state index >= 15 is 0 Å². The largest absolute Gasteiger partial charge is 0.339 e. The number of hydrogen-bond donors (Lipinski definition) is 0. The van der Waals surface area contributed by atoms with Crippen LogP contribution in [0.3, 0.4) is 0 Å². The van der Waals surface area contributed by atoms with Crippen molar-refractivity contribution in [2.75, 3.05) is 6.54 Å². The summed E-state index contributed by atoms with van der Waals surface area (Å²) >= 11 is 0. The van der Waals surface area contributed by atoms with E-state index in [1.807, 2.05) is 6.07 Å². The molecule has 116 valence electrons. The van der Waals surface area contributed by atoms with Gasteiger partial charge in [0.2, 0.25) is 5.89 Å². The average Bonchev–Trinajstić information content (AvgIpc) is 3.13. The van der Waals surface area contributed by atoms with Crippen LogP contribution in [0, 0.1) is 11.3 Å². The number of aromatic nitrogens is 3. The summed E-state index contributed by atoms with van der Waals surface area (Å²) in [5.41, 5.74) is 0.772. The molecule has 1 aliphatic carbocycles. The highest BCUT2D eigenvalue weighted by Crippen LogP contribution is 2.40. The molecule has 1 saturated heterocycles. The van der Waals surface area contributed by atoms with Crippen molar-refractivity contribution in [1.82, 2.24) is 20.0 Å². The van der Waals surface area contributed by atoms with E-state index in [4.69, 9.17) is 9.78 Å². The molecule has 0 radical (unpaired) electrons. The number of hydrogen-bond acceptors (Lipinski definition) is 6. The Morgan fingerprint density at radius 2 is 2.22 bits per heavy atom. The lowest BCUT2D eigenvalue weighted by Crippen LogP contribution is -2.31. The summed E-state index contributed by atoms with van der Waals surface area (Å²) in [6.45, 7) is 0.651. The predicted molar refractivity (Wildman–Crippen MR) is 78.2 cm³/mol. The molecule has 3 heterocycles. The molecular formula is C16H15N5O2. The highest BCUT2D eigenvalue weighted by Gasteiger charge is 2.36. The van der Waals surface area contributed by atoms with Gasteiger partial charge in [-0.25, -0.2) is 4.98 Å². The molecule has 7 heteroatoms. The second kappa shape index (κ2) is 5.47. The molecule has 1 aliphatic heterocycles. The third-order valence-electron chi connectivity index (χ3n) is 4.31. The van der Waals surface area contributed by atoms with Crippen LogP contribution in [0.1, 0.15) is 65.4 Å². The number of nitriles is 1. The summed E-state index contributed by atoms with van der Waals surface area (Å²) in [7, 11) is 0. The Morgan fingerprint density at radius 1 is 1.35 bits per heavy atom. The lowest BCUT2D eigenvalue weighted by molar-refractivity contribution is 0.0722. The zero-order valence-corrected chi connectivity index (χ0v) is 12.5. The number of pyridine rings is 1. The molecule has 2 aliphatic rings. The number of carbonyl (C=O) groups is 1. The fourth-order valence-corrected chi connectivity index (χ4v) is 2.89. The maximum Gasteiger partial charge on any atom is 0.273 e. The highest BCUT2D eigenvalue weighted by atomic mass is 16.5. The van der Waals surface area contributed by atoms with Crippen LogP contribution in [0.4, 0.5) is 0 Å². The van der Waals surface area contributed by atoms with Gasteiger partial charge in [-0.2, -0.15) is 10.2 Å². The number of likely N-dealkylation sites (tertiary alicyclic amines) is 1. The predicted octanol–water partition coefficient (Wildman–Crippen LogP) is 2.19. The molecule has 1 saturated carbocycles. The first-order valence-electron chi connectivity index (χ1n) is 7.77. The third kappa shape index (κ3) is 2.57. The number of amides is 1. The van der Waals surface area contributed by atoms with Crippen molar-refractivity contribution >= 4 is 5.91 Å². The number of nitrogens with zero attached hydrogens (tertiary/aromatic N) is 5. The monoisotopic (exact) mass is 309 g/mol. The van der Waals surface area contributed by atoms with Crippen molar-refractivity contribution in [1.29, 1.82) is 5.26 Å². The molecule has 23 heavy (non-hydrogen) atoms. The van der Waals surface area contributed by atoms with E-state index in [0.717, 1.165) is 25.7 Å². The molecule has 2 aromatic rings. The smallest absolute Gasteiger partial charge is 0.273 e. The first kappa shape index (κ1) is 13.9. The zero-order valence-electron chi connectivity index (χ0n) is 12.5. The molecule has 0 aromatic carbocycles. The summed E-state index contributed by atoms with van der Waals surface area (Å²) in [6.07, 6.45) is 5.34. The van der Waals surface area contributed by atoms with Crippen molar-refractivity contribution in [3.63, 3.8) is 0 Å². The lowest BCUT2D eigenvalue weighted by atomic mass is 10.2. The molecule has 0 bridgehead atoms. The van der Waals surface area contributed by atoms with Crippen LogP contribution in [-0.2, 0) is 0 Å². The van der Waals surface area contributed by atoms with Gasteiger partial charge in [0, 0.05) is 18.7 Å². The van der Waals surface area contributed by atoms with Crippen molar-refractivity contribution < 1.29 is 9.32 Å². The van der Waals surface area contributed by atoms with E-state index in [-0.39, 0.29) is 11.9 Å². The average molecular weight is 309 g/mol. The van der Waals surface area contributed by atoms with Gasteiger partial charge >= 0.3 is 0 Å². The quantitative estimate of drug-likeness (QED) is 0.862. The molecule has 0 spiro atoms. The van der Waals surface area contributed by atoms with E-state index in [1.54, 1.807) is 17.0 Å².